The Morgan fingerprint density at radius 3 is 2.50 bits per heavy atom. The third-order valence-electron chi connectivity index (χ3n) is 5.61. The van der Waals surface area contributed by atoms with E-state index in [4.69, 9.17) is 11.6 Å². The van der Waals surface area contributed by atoms with Crippen LogP contribution in [0.5, 0.6) is 0 Å². The molecule has 10 heteroatoms. The lowest BCUT2D eigenvalue weighted by Crippen LogP contribution is -2.58. The molecule has 5 rings (SSSR count). The van der Waals surface area contributed by atoms with Crippen LogP contribution in [0.15, 0.2) is 49.3 Å². The molecule has 0 aliphatic carbocycles. The van der Waals surface area contributed by atoms with Crippen molar-refractivity contribution >= 4 is 29.0 Å². The van der Waals surface area contributed by atoms with E-state index in [0.717, 1.165) is 42.7 Å². The van der Waals surface area contributed by atoms with Gasteiger partial charge in [-0.3, -0.25) is 4.79 Å². The predicted octanol–water partition coefficient (Wildman–Crippen LogP) is 1.50. The highest BCUT2D eigenvalue weighted by Gasteiger charge is 2.37. The second-order valence-electron chi connectivity index (χ2n) is 7.47. The number of amides is 1. The van der Waals surface area contributed by atoms with Gasteiger partial charge in [0.05, 0.1) is 5.92 Å². The molecule has 9 nitrogen and oxygen atoms in total. The van der Waals surface area contributed by atoms with Crippen molar-refractivity contribution in [2.45, 2.75) is 0 Å². The quantitative estimate of drug-likeness (QED) is 0.627. The van der Waals surface area contributed by atoms with Crippen LogP contribution >= 0.6 is 11.6 Å². The average molecular weight is 425 g/mol. The van der Waals surface area contributed by atoms with E-state index in [-0.39, 0.29) is 11.8 Å². The van der Waals surface area contributed by atoms with Gasteiger partial charge in [0.1, 0.15) is 24.8 Å². The van der Waals surface area contributed by atoms with Crippen LogP contribution in [0, 0.1) is 5.92 Å². The number of hydrogen-bond donors (Lipinski definition) is 0. The Balaban J connectivity index is 1.16. The molecule has 30 heavy (non-hydrogen) atoms. The van der Waals surface area contributed by atoms with Crippen molar-refractivity contribution in [2.75, 3.05) is 49.1 Å². The lowest BCUT2D eigenvalue weighted by Gasteiger charge is -2.43. The van der Waals surface area contributed by atoms with E-state index in [1.54, 1.807) is 11.0 Å². The number of halogens is 1. The summed E-state index contributed by atoms with van der Waals surface area (Å²) in [4.78, 5) is 31.8. The molecular weight excluding hydrogens is 404 g/mol. The fourth-order valence-electron chi connectivity index (χ4n) is 3.90. The first-order valence-electron chi connectivity index (χ1n) is 9.89. The van der Waals surface area contributed by atoms with Gasteiger partial charge in [-0.1, -0.05) is 17.7 Å². The van der Waals surface area contributed by atoms with Crippen LogP contribution in [-0.4, -0.2) is 74.8 Å². The summed E-state index contributed by atoms with van der Waals surface area (Å²) >= 11 is 6.10. The molecule has 2 aromatic heterocycles. The summed E-state index contributed by atoms with van der Waals surface area (Å²) in [5.41, 5.74) is 1.11. The monoisotopic (exact) mass is 424 g/mol. The Bertz CT molecular complexity index is 1030. The van der Waals surface area contributed by atoms with E-state index >= 15 is 0 Å². The topological polar surface area (TPSA) is 83.3 Å². The summed E-state index contributed by atoms with van der Waals surface area (Å²) in [6.07, 6.45) is 4.57. The van der Waals surface area contributed by atoms with Crippen molar-refractivity contribution in [1.29, 1.82) is 0 Å². The number of carbonyl (C=O) groups excluding carboxylic acids is 1. The van der Waals surface area contributed by atoms with Crippen LogP contribution < -0.4 is 9.80 Å². The van der Waals surface area contributed by atoms with Gasteiger partial charge in [-0.2, -0.15) is 5.10 Å². The van der Waals surface area contributed by atoms with Crippen molar-refractivity contribution in [3.63, 3.8) is 0 Å². The lowest BCUT2D eigenvalue weighted by atomic mass is 9.98. The Labute approximate surface area is 178 Å². The van der Waals surface area contributed by atoms with Gasteiger partial charge in [0.25, 0.3) is 0 Å². The average Bonchev–Trinajstić information content (AvgIpc) is 3.28. The Hall–Kier alpha value is -3.20. The van der Waals surface area contributed by atoms with Crippen molar-refractivity contribution in [2.24, 2.45) is 5.92 Å². The molecule has 0 saturated carbocycles. The molecule has 0 bridgehead atoms. The minimum Gasteiger partial charge on any atom is -0.368 e. The highest BCUT2D eigenvalue weighted by atomic mass is 35.5. The minimum absolute atomic E-state index is 0.00695. The number of rotatable bonds is 4. The van der Waals surface area contributed by atoms with E-state index in [9.17, 15) is 4.79 Å². The standard InChI is InChI=1S/C20H21ClN8O/c21-16-2-1-3-17(8-16)26-4-6-27(7-5-26)20(30)15-10-28(11-15)18-9-19(24-13-23-18)29-14-22-12-25-29/h1-3,8-9,12-15H,4-7,10-11H2. The number of anilines is 2. The first kappa shape index (κ1) is 18.8. The van der Waals surface area contributed by atoms with Gasteiger partial charge in [-0.15, -0.1) is 0 Å². The van der Waals surface area contributed by atoms with Crippen molar-refractivity contribution in [1.82, 2.24) is 29.6 Å². The summed E-state index contributed by atoms with van der Waals surface area (Å²) in [7, 11) is 0. The molecule has 2 saturated heterocycles. The summed E-state index contributed by atoms with van der Waals surface area (Å²) in [5.74, 6) is 1.68. The zero-order chi connectivity index (χ0) is 20.5. The van der Waals surface area contributed by atoms with Crippen molar-refractivity contribution in [3.8, 4) is 5.82 Å². The summed E-state index contributed by atoms with van der Waals surface area (Å²) in [6, 6.07) is 9.72. The lowest BCUT2D eigenvalue weighted by molar-refractivity contribution is -0.136. The summed E-state index contributed by atoms with van der Waals surface area (Å²) in [5, 5.41) is 4.83. The zero-order valence-corrected chi connectivity index (χ0v) is 17.1. The minimum atomic E-state index is 0.00695. The van der Waals surface area contributed by atoms with Gasteiger partial charge in [0.2, 0.25) is 5.91 Å². The second kappa shape index (κ2) is 7.91. The van der Waals surface area contributed by atoms with Crippen LogP contribution in [0.3, 0.4) is 0 Å². The van der Waals surface area contributed by atoms with Gasteiger partial charge in [0, 0.05) is 56.0 Å². The predicted molar refractivity (Wildman–Crippen MR) is 113 cm³/mol. The molecule has 2 aliphatic rings. The first-order chi connectivity index (χ1) is 14.7. The van der Waals surface area contributed by atoms with Gasteiger partial charge in [-0.25, -0.2) is 19.6 Å². The molecule has 0 radical (unpaired) electrons. The molecule has 1 aromatic carbocycles. The molecule has 3 aromatic rings. The third-order valence-corrected chi connectivity index (χ3v) is 5.85. The van der Waals surface area contributed by atoms with Crippen LogP contribution in [0.25, 0.3) is 5.82 Å². The molecule has 0 N–H and O–H groups in total. The number of nitrogens with zero attached hydrogens (tertiary/aromatic N) is 8. The van der Waals surface area contributed by atoms with Crippen LogP contribution in [0.2, 0.25) is 5.02 Å². The third kappa shape index (κ3) is 3.68. The van der Waals surface area contributed by atoms with Crippen LogP contribution in [0.4, 0.5) is 11.5 Å². The number of piperazine rings is 1. The maximum atomic E-state index is 12.9. The van der Waals surface area contributed by atoms with Crippen LogP contribution in [0.1, 0.15) is 0 Å². The van der Waals surface area contributed by atoms with Gasteiger partial charge in [0.15, 0.2) is 5.82 Å². The Morgan fingerprint density at radius 1 is 0.967 bits per heavy atom. The SMILES string of the molecule is O=C(C1CN(c2cc(-n3cncn3)ncn2)C1)N1CCN(c2cccc(Cl)c2)CC1. The molecule has 0 unspecified atom stereocenters. The summed E-state index contributed by atoms with van der Waals surface area (Å²) < 4.78 is 1.59. The zero-order valence-electron chi connectivity index (χ0n) is 16.3. The molecule has 154 valence electrons. The molecule has 2 aliphatic heterocycles. The van der Waals surface area contributed by atoms with E-state index in [1.807, 2.05) is 29.2 Å². The van der Waals surface area contributed by atoms with E-state index in [0.29, 0.717) is 18.9 Å². The molecule has 2 fully saturated rings. The van der Waals surface area contributed by atoms with Gasteiger partial charge < -0.3 is 14.7 Å². The first-order valence-corrected chi connectivity index (χ1v) is 10.3. The van der Waals surface area contributed by atoms with E-state index in [2.05, 4.69) is 35.9 Å². The molecular formula is C20H21ClN8O. The number of carbonyl (C=O) groups is 1. The molecule has 1 amide bonds. The fourth-order valence-corrected chi connectivity index (χ4v) is 4.08. The normalized spacial score (nSPS) is 17.2. The highest BCUT2D eigenvalue weighted by molar-refractivity contribution is 6.30. The smallest absolute Gasteiger partial charge is 0.229 e. The number of aromatic nitrogens is 5. The largest absolute Gasteiger partial charge is 0.368 e. The van der Waals surface area contributed by atoms with Gasteiger partial charge >= 0.3 is 0 Å². The number of hydrogen-bond acceptors (Lipinski definition) is 7. The Kier molecular flexibility index (Phi) is 4.96. The maximum absolute atomic E-state index is 12.9. The summed E-state index contributed by atoms with van der Waals surface area (Å²) in [6.45, 7) is 4.42. The molecule has 0 atom stereocenters. The molecule has 0 spiro atoms. The second-order valence-corrected chi connectivity index (χ2v) is 7.91. The van der Waals surface area contributed by atoms with E-state index in [1.165, 1.54) is 12.7 Å². The maximum Gasteiger partial charge on any atom is 0.229 e. The number of benzene rings is 1. The van der Waals surface area contributed by atoms with Gasteiger partial charge in [-0.05, 0) is 18.2 Å². The molecule has 4 heterocycles. The fraction of sp³-hybridized carbons (Fsp3) is 0.350. The van der Waals surface area contributed by atoms with E-state index < -0.39 is 0 Å². The van der Waals surface area contributed by atoms with Crippen molar-refractivity contribution < 1.29 is 4.79 Å². The van der Waals surface area contributed by atoms with Crippen molar-refractivity contribution in [3.05, 3.63) is 54.3 Å². The highest BCUT2D eigenvalue weighted by Crippen LogP contribution is 2.26. The Morgan fingerprint density at radius 2 is 1.77 bits per heavy atom. The van der Waals surface area contributed by atoms with Crippen LogP contribution in [-0.2, 0) is 4.79 Å².